The number of benzene rings is 1. The molecular formula is C19H21ClN4O2. The number of carbonyl (C=O) groups excluding carboxylic acids is 1. The van der Waals surface area contributed by atoms with Gasteiger partial charge in [-0.15, -0.1) is 0 Å². The largest absolute Gasteiger partial charge is 0.390 e. The lowest BCUT2D eigenvalue weighted by atomic mass is 9.94. The van der Waals surface area contributed by atoms with E-state index in [1.165, 1.54) is 17.3 Å². The van der Waals surface area contributed by atoms with Gasteiger partial charge in [0.1, 0.15) is 5.69 Å². The molecule has 26 heavy (non-hydrogen) atoms. The fraction of sp³-hybridized carbons (Fsp3) is 0.421. The Morgan fingerprint density at radius 3 is 2.77 bits per heavy atom. The predicted octanol–water partition coefficient (Wildman–Crippen LogP) is 1.76. The van der Waals surface area contributed by atoms with Crippen molar-refractivity contribution in [3.8, 4) is 0 Å². The highest BCUT2D eigenvalue weighted by Gasteiger charge is 2.35. The standard InChI is InChI=1S/C19H21ClN4O2/c20-19-21-8-5-15(22-19)18(26)24-10-7-16(17(25)12-24)23-9-6-13-3-1-2-4-14(13)11-23/h1-5,8,16-17,25H,6-7,9-12H2. The number of hydrogen-bond acceptors (Lipinski definition) is 5. The van der Waals surface area contributed by atoms with E-state index in [4.69, 9.17) is 11.6 Å². The molecule has 2 aliphatic heterocycles. The summed E-state index contributed by atoms with van der Waals surface area (Å²) in [5.41, 5.74) is 2.99. The number of carbonyl (C=O) groups is 1. The molecule has 0 radical (unpaired) electrons. The first-order valence-corrected chi connectivity index (χ1v) is 9.26. The lowest BCUT2D eigenvalue weighted by Crippen LogP contribution is -2.56. The van der Waals surface area contributed by atoms with Crippen molar-refractivity contribution in [2.75, 3.05) is 19.6 Å². The smallest absolute Gasteiger partial charge is 0.272 e. The Hall–Kier alpha value is -2.02. The predicted molar refractivity (Wildman–Crippen MR) is 97.9 cm³/mol. The summed E-state index contributed by atoms with van der Waals surface area (Å²) in [6.45, 7) is 2.70. The van der Waals surface area contributed by atoms with Crippen LogP contribution in [0.4, 0.5) is 0 Å². The molecule has 3 heterocycles. The monoisotopic (exact) mass is 372 g/mol. The van der Waals surface area contributed by atoms with Crippen LogP contribution in [-0.4, -0.2) is 62.6 Å². The maximum absolute atomic E-state index is 12.6. The van der Waals surface area contributed by atoms with E-state index in [0.29, 0.717) is 13.1 Å². The molecule has 2 aromatic rings. The lowest BCUT2D eigenvalue weighted by molar-refractivity contribution is -0.0139. The third-order valence-electron chi connectivity index (χ3n) is 5.31. The summed E-state index contributed by atoms with van der Waals surface area (Å²) in [6.07, 6.45) is 2.64. The molecule has 1 aromatic heterocycles. The summed E-state index contributed by atoms with van der Waals surface area (Å²) in [5, 5.41) is 10.7. The minimum Gasteiger partial charge on any atom is -0.390 e. The van der Waals surface area contributed by atoms with Gasteiger partial charge in [0.05, 0.1) is 6.10 Å². The minimum atomic E-state index is -0.574. The number of β-amino-alcohol motifs (C(OH)–C–C–N with tert-alkyl or cyclic N) is 1. The molecule has 1 fully saturated rings. The number of likely N-dealkylation sites (tertiary alicyclic amines) is 1. The van der Waals surface area contributed by atoms with Crippen molar-refractivity contribution < 1.29 is 9.90 Å². The molecule has 2 unspecified atom stereocenters. The lowest BCUT2D eigenvalue weighted by Gasteiger charge is -2.43. The van der Waals surface area contributed by atoms with Crippen LogP contribution < -0.4 is 0 Å². The topological polar surface area (TPSA) is 69.6 Å². The molecule has 0 aliphatic carbocycles. The second-order valence-corrected chi connectivity index (χ2v) is 7.21. The summed E-state index contributed by atoms with van der Waals surface area (Å²) in [6, 6.07) is 10.1. The van der Waals surface area contributed by atoms with Crippen LogP contribution in [0, 0.1) is 0 Å². The third-order valence-corrected chi connectivity index (χ3v) is 5.49. The van der Waals surface area contributed by atoms with E-state index in [1.54, 1.807) is 11.0 Å². The molecule has 2 aliphatic rings. The summed E-state index contributed by atoms with van der Waals surface area (Å²) < 4.78 is 0. The molecule has 1 amide bonds. The van der Waals surface area contributed by atoms with Crippen molar-refractivity contribution in [3.05, 3.63) is 58.6 Å². The van der Waals surface area contributed by atoms with Gasteiger partial charge in [-0.1, -0.05) is 24.3 Å². The molecule has 0 bridgehead atoms. The highest BCUT2D eigenvalue weighted by molar-refractivity contribution is 6.28. The Labute approximate surface area is 157 Å². The number of fused-ring (bicyclic) bond motifs is 1. The highest BCUT2D eigenvalue weighted by Crippen LogP contribution is 2.25. The maximum Gasteiger partial charge on any atom is 0.272 e. The third kappa shape index (κ3) is 3.45. The molecule has 4 rings (SSSR count). The Balaban J connectivity index is 1.42. The Bertz CT molecular complexity index is 816. The Morgan fingerprint density at radius 1 is 1.19 bits per heavy atom. The van der Waals surface area contributed by atoms with Crippen LogP contribution in [0.3, 0.4) is 0 Å². The number of aromatic nitrogens is 2. The fourth-order valence-electron chi connectivity index (χ4n) is 3.95. The SMILES string of the molecule is O=C(c1ccnc(Cl)n1)N1CCC(N2CCc3ccccc3C2)C(O)C1. The zero-order valence-corrected chi connectivity index (χ0v) is 15.1. The van der Waals surface area contributed by atoms with Gasteiger partial charge in [-0.25, -0.2) is 9.97 Å². The van der Waals surface area contributed by atoms with E-state index in [0.717, 1.165) is 25.9 Å². The van der Waals surface area contributed by atoms with E-state index >= 15 is 0 Å². The van der Waals surface area contributed by atoms with Crippen molar-refractivity contribution in [1.29, 1.82) is 0 Å². The molecule has 7 heteroatoms. The molecule has 1 saturated heterocycles. The van der Waals surface area contributed by atoms with Crippen molar-refractivity contribution >= 4 is 17.5 Å². The Morgan fingerprint density at radius 2 is 2.00 bits per heavy atom. The van der Waals surface area contributed by atoms with Crippen LogP contribution in [0.2, 0.25) is 5.28 Å². The first-order valence-electron chi connectivity index (χ1n) is 8.88. The first-order chi connectivity index (χ1) is 12.6. The zero-order chi connectivity index (χ0) is 18.1. The van der Waals surface area contributed by atoms with Gasteiger partial charge in [0.2, 0.25) is 5.28 Å². The average Bonchev–Trinajstić information content (AvgIpc) is 2.67. The normalized spacial score (nSPS) is 23.5. The van der Waals surface area contributed by atoms with E-state index in [9.17, 15) is 9.90 Å². The molecule has 2 atom stereocenters. The summed E-state index contributed by atoms with van der Waals surface area (Å²) >= 11 is 5.77. The van der Waals surface area contributed by atoms with Crippen molar-refractivity contribution in [2.24, 2.45) is 0 Å². The second kappa shape index (κ2) is 7.31. The van der Waals surface area contributed by atoms with E-state index < -0.39 is 6.10 Å². The van der Waals surface area contributed by atoms with Crippen LogP contribution in [0.15, 0.2) is 36.5 Å². The van der Waals surface area contributed by atoms with Gasteiger partial charge < -0.3 is 10.0 Å². The van der Waals surface area contributed by atoms with Crippen molar-refractivity contribution in [2.45, 2.75) is 31.5 Å². The average molecular weight is 373 g/mol. The van der Waals surface area contributed by atoms with Crippen molar-refractivity contribution in [1.82, 2.24) is 19.8 Å². The zero-order valence-electron chi connectivity index (χ0n) is 14.4. The number of aliphatic hydroxyl groups excluding tert-OH is 1. The molecule has 0 saturated carbocycles. The number of nitrogens with zero attached hydrogens (tertiary/aromatic N) is 4. The van der Waals surface area contributed by atoms with Gasteiger partial charge >= 0.3 is 0 Å². The van der Waals surface area contributed by atoms with Crippen LogP contribution in [-0.2, 0) is 13.0 Å². The molecule has 1 N–H and O–H groups in total. The van der Waals surface area contributed by atoms with Crippen LogP contribution in [0.25, 0.3) is 0 Å². The van der Waals surface area contributed by atoms with Gasteiger partial charge in [-0.3, -0.25) is 9.69 Å². The van der Waals surface area contributed by atoms with Gasteiger partial charge in [0.25, 0.3) is 5.91 Å². The number of amides is 1. The maximum atomic E-state index is 12.6. The number of halogens is 1. The van der Waals surface area contributed by atoms with Gasteiger partial charge in [-0.05, 0) is 41.6 Å². The number of rotatable bonds is 2. The molecule has 6 nitrogen and oxygen atoms in total. The van der Waals surface area contributed by atoms with Crippen LogP contribution in [0.5, 0.6) is 0 Å². The summed E-state index contributed by atoms with van der Waals surface area (Å²) in [5.74, 6) is -0.212. The van der Waals surface area contributed by atoms with Crippen LogP contribution >= 0.6 is 11.6 Å². The van der Waals surface area contributed by atoms with E-state index in [2.05, 4.69) is 39.1 Å². The minimum absolute atomic E-state index is 0.0540. The molecule has 136 valence electrons. The second-order valence-electron chi connectivity index (χ2n) is 6.87. The quantitative estimate of drug-likeness (QED) is 0.813. The van der Waals surface area contributed by atoms with E-state index in [-0.39, 0.29) is 22.9 Å². The van der Waals surface area contributed by atoms with Gasteiger partial charge in [-0.2, -0.15) is 0 Å². The summed E-state index contributed by atoms with van der Waals surface area (Å²) in [4.78, 5) is 24.4. The Kier molecular flexibility index (Phi) is 4.89. The van der Waals surface area contributed by atoms with E-state index in [1.807, 2.05) is 0 Å². The van der Waals surface area contributed by atoms with Gasteiger partial charge in [0.15, 0.2) is 0 Å². The molecule has 0 spiro atoms. The number of aliphatic hydroxyl groups is 1. The first kappa shape index (κ1) is 17.4. The van der Waals surface area contributed by atoms with Crippen LogP contribution in [0.1, 0.15) is 28.0 Å². The highest BCUT2D eigenvalue weighted by atomic mass is 35.5. The number of hydrogen-bond donors (Lipinski definition) is 1. The van der Waals surface area contributed by atoms with Gasteiger partial charge in [0, 0.05) is 38.4 Å². The van der Waals surface area contributed by atoms with Crippen molar-refractivity contribution in [3.63, 3.8) is 0 Å². The molecule has 1 aromatic carbocycles. The fourth-order valence-corrected chi connectivity index (χ4v) is 4.09. The number of piperidine rings is 1. The molecular weight excluding hydrogens is 352 g/mol. The summed E-state index contributed by atoms with van der Waals surface area (Å²) in [7, 11) is 0.